The molecule has 0 bridgehead atoms. The van der Waals surface area contributed by atoms with Crippen LogP contribution in [-0.4, -0.2) is 64.5 Å². The maximum Gasteiger partial charge on any atom is 0.251 e. The summed E-state index contributed by atoms with van der Waals surface area (Å²) in [5.41, 5.74) is 1.04. The molecule has 2 N–H and O–H groups in total. The highest BCUT2D eigenvalue weighted by atomic mass is 32.2. The zero-order valence-corrected chi connectivity index (χ0v) is 19.8. The Morgan fingerprint density at radius 1 is 1.19 bits per heavy atom. The SMILES string of the molecule is CCC(CC)C(=O)N1CCC(NC(=O)c2cc(S(=O)(=O)NCCOC)ccc2C)CC1. The molecule has 31 heavy (non-hydrogen) atoms. The number of aryl methyl sites for hydroxylation is 1. The third kappa shape index (κ3) is 6.75. The molecule has 9 heteroatoms. The van der Waals surface area contributed by atoms with E-state index in [4.69, 9.17) is 4.74 Å². The molecule has 0 unspecified atom stereocenters. The van der Waals surface area contributed by atoms with Gasteiger partial charge in [-0.2, -0.15) is 0 Å². The monoisotopic (exact) mass is 453 g/mol. The average Bonchev–Trinajstić information content (AvgIpc) is 2.75. The molecule has 0 spiro atoms. The molecule has 8 nitrogen and oxygen atoms in total. The second-order valence-corrected chi connectivity index (χ2v) is 9.72. The number of rotatable bonds is 10. The molecule has 0 radical (unpaired) electrons. The van der Waals surface area contributed by atoms with Crippen LogP contribution in [0.3, 0.4) is 0 Å². The highest BCUT2D eigenvalue weighted by Gasteiger charge is 2.28. The van der Waals surface area contributed by atoms with E-state index in [0.29, 0.717) is 37.1 Å². The lowest BCUT2D eigenvalue weighted by atomic mass is 9.98. The van der Waals surface area contributed by atoms with E-state index in [9.17, 15) is 18.0 Å². The third-order valence-corrected chi connectivity index (χ3v) is 7.30. The number of amides is 2. The Bertz CT molecular complexity index is 860. The van der Waals surface area contributed by atoms with Crippen LogP contribution < -0.4 is 10.0 Å². The molecule has 1 saturated heterocycles. The van der Waals surface area contributed by atoms with Crippen molar-refractivity contribution in [2.24, 2.45) is 5.92 Å². The van der Waals surface area contributed by atoms with Crippen molar-refractivity contribution in [1.29, 1.82) is 0 Å². The molecule has 174 valence electrons. The van der Waals surface area contributed by atoms with E-state index in [-0.39, 0.29) is 41.8 Å². The minimum atomic E-state index is -3.72. The fourth-order valence-electron chi connectivity index (χ4n) is 3.78. The van der Waals surface area contributed by atoms with Crippen molar-refractivity contribution in [2.45, 2.75) is 57.4 Å². The molecule has 0 aromatic heterocycles. The van der Waals surface area contributed by atoms with Gasteiger partial charge in [0.2, 0.25) is 15.9 Å². The predicted molar refractivity (Wildman–Crippen MR) is 119 cm³/mol. The van der Waals surface area contributed by atoms with Crippen LogP contribution in [-0.2, 0) is 19.6 Å². The lowest BCUT2D eigenvalue weighted by Gasteiger charge is -2.34. The van der Waals surface area contributed by atoms with Gasteiger partial charge in [0.1, 0.15) is 0 Å². The normalized spacial score (nSPS) is 15.3. The first-order valence-corrected chi connectivity index (χ1v) is 12.4. The number of hydrogen-bond donors (Lipinski definition) is 2. The first kappa shape index (κ1) is 25.3. The second kappa shape index (κ2) is 11.6. The number of nitrogens with zero attached hydrogens (tertiary/aromatic N) is 1. The van der Waals surface area contributed by atoms with Crippen LogP contribution in [0.5, 0.6) is 0 Å². The number of sulfonamides is 1. The van der Waals surface area contributed by atoms with E-state index in [1.807, 2.05) is 18.7 Å². The Hall–Kier alpha value is -1.97. The minimum absolute atomic E-state index is 0.0438. The molecule has 0 saturated carbocycles. The molecule has 1 fully saturated rings. The van der Waals surface area contributed by atoms with E-state index in [1.54, 1.807) is 13.0 Å². The predicted octanol–water partition coefficient (Wildman–Crippen LogP) is 2.08. The fraction of sp³-hybridized carbons (Fsp3) is 0.636. The Morgan fingerprint density at radius 2 is 1.84 bits per heavy atom. The lowest BCUT2D eigenvalue weighted by Crippen LogP contribution is -2.48. The van der Waals surface area contributed by atoms with E-state index in [1.165, 1.54) is 19.2 Å². The van der Waals surface area contributed by atoms with Crippen molar-refractivity contribution >= 4 is 21.8 Å². The Kier molecular flexibility index (Phi) is 9.46. The van der Waals surface area contributed by atoms with Gasteiger partial charge in [0.25, 0.3) is 5.91 Å². The van der Waals surface area contributed by atoms with Crippen LogP contribution in [0.2, 0.25) is 0 Å². The number of methoxy groups -OCH3 is 1. The largest absolute Gasteiger partial charge is 0.383 e. The van der Waals surface area contributed by atoms with Crippen LogP contribution in [0, 0.1) is 12.8 Å². The van der Waals surface area contributed by atoms with Gasteiger partial charge >= 0.3 is 0 Å². The molecular formula is C22H35N3O5S. The van der Waals surface area contributed by atoms with Crippen LogP contribution in [0.4, 0.5) is 0 Å². The van der Waals surface area contributed by atoms with Crippen molar-refractivity contribution in [2.75, 3.05) is 33.4 Å². The van der Waals surface area contributed by atoms with Crippen molar-refractivity contribution in [3.63, 3.8) is 0 Å². The number of hydrogen-bond acceptors (Lipinski definition) is 5. The number of ether oxygens (including phenoxy) is 1. The van der Waals surface area contributed by atoms with Gasteiger partial charge in [-0.25, -0.2) is 13.1 Å². The molecule has 1 aliphatic heterocycles. The van der Waals surface area contributed by atoms with E-state index in [2.05, 4.69) is 10.0 Å². The second-order valence-electron chi connectivity index (χ2n) is 7.95. The molecule has 1 aromatic rings. The van der Waals surface area contributed by atoms with Crippen LogP contribution in [0.25, 0.3) is 0 Å². The summed E-state index contributed by atoms with van der Waals surface area (Å²) >= 11 is 0. The summed E-state index contributed by atoms with van der Waals surface area (Å²) in [5, 5.41) is 3.01. The molecule has 0 atom stereocenters. The van der Waals surface area contributed by atoms with Gasteiger partial charge in [-0.05, 0) is 50.3 Å². The van der Waals surface area contributed by atoms with E-state index >= 15 is 0 Å². The summed E-state index contributed by atoms with van der Waals surface area (Å²) in [7, 11) is -2.23. The summed E-state index contributed by atoms with van der Waals surface area (Å²) in [4.78, 5) is 27.4. The smallest absolute Gasteiger partial charge is 0.251 e. The summed E-state index contributed by atoms with van der Waals surface area (Å²) < 4.78 is 32.2. The summed E-state index contributed by atoms with van der Waals surface area (Å²) in [6, 6.07) is 4.49. The number of likely N-dealkylation sites (tertiary alicyclic amines) is 1. The zero-order chi connectivity index (χ0) is 23.0. The molecule has 1 aliphatic rings. The van der Waals surface area contributed by atoms with Crippen LogP contribution >= 0.6 is 0 Å². The van der Waals surface area contributed by atoms with Crippen LogP contribution in [0.1, 0.15) is 55.5 Å². The number of benzene rings is 1. The van der Waals surface area contributed by atoms with Gasteiger partial charge in [0, 0.05) is 44.3 Å². The number of piperidine rings is 1. The minimum Gasteiger partial charge on any atom is -0.383 e. The fourth-order valence-corrected chi connectivity index (χ4v) is 4.82. The highest BCUT2D eigenvalue weighted by Crippen LogP contribution is 2.19. The first-order valence-electron chi connectivity index (χ1n) is 10.9. The van der Waals surface area contributed by atoms with Crippen LogP contribution in [0.15, 0.2) is 23.1 Å². The summed E-state index contributed by atoms with van der Waals surface area (Å²) in [6.45, 7) is 7.50. The molecule has 0 aliphatic carbocycles. The maximum absolute atomic E-state index is 12.9. The van der Waals surface area contributed by atoms with Gasteiger partial charge in [-0.1, -0.05) is 19.9 Å². The third-order valence-electron chi connectivity index (χ3n) is 5.84. The summed E-state index contributed by atoms with van der Waals surface area (Å²) in [6.07, 6.45) is 3.05. The van der Waals surface area contributed by atoms with Crippen molar-refractivity contribution in [1.82, 2.24) is 14.9 Å². The van der Waals surface area contributed by atoms with Gasteiger partial charge in [-0.3, -0.25) is 9.59 Å². The quantitative estimate of drug-likeness (QED) is 0.528. The topological polar surface area (TPSA) is 105 Å². The maximum atomic E-state index is 12.9. The van der Waals surface area contributed by atoms with Gasteiger partial charge in [0.05, 0.1) is 11.5 Å². The Balaban J connectivity index is 2.01. The molecule has 1 aromatic carbocycles. The van der Waals surface area contributed by atoms with Gasteiger partial charge < -0.3 is 15.0 Å². The zero-order valence-electron chi connectivity index (χ0n) is 18.9. The number of carbonyl (C=O) groups excluding carboxylic acids is 2. The molecule has 2 rings (SSSR count). The van der Waals surface area contributed by atoms with Crippen molar-refractivity contribution < 1.29 is 22.7 Å². The Morgan fingerprint density at radius 3 is 2.42 bits per heavy atom. The summed E-state index contributed by atoms with van der Waals surface area (Å²) in [5.74, 6) is -0.0308. The Labute approximate surface area is 185 Å². The van der Waals surface area contributed by atoms with Gasteiger partial charge in [-0.15, -0.1) is 0 Å². The molecule has 2 amide bonds. The highest BCUT2D eigenvalue weighted by molar-refractivity contribution is 7.89. The molecular weight excluding hydrogens is 418 g/mol. The number of carbonyl (C=O) groups is 2. The number of nitrogens with one attached hydrogen (secondary N) is 2. The van der Waals surface area contributed by atoms with E-state index < -0.39 is 10.0 Å². The van der Waals surface area contributed by atoms with Crippen molar-refractivity contribution in [3.8, 4) is 0 Å². The standard InChI is InChI=1S/C22H35N3O5S/c1-5-17(6-2)22(27)25-12-9-18(10-13-25)24-21(26)20-15-19(8-7-16(20)3)31(28,29)23-11-14-30-4/h7-8,15,17-18,23H,5-6,9-14H2,1-4H3,(H,24,26). The molecule has 1 heterocycles. The lowest BCUT2D eigenvalue weighted by molar-refractivity contribution is -0.136. The first-order chi connectivity index (χ1) is 14.7. The average molecular weight is 454 g/mol. The van der Waals surface area contributed by atoms with Gasteiger partial charge in [0.15, 0.2) is 0 Å². The van der Waals surface area contributed by atoms with E-state index in [0.717, 1.165) is 12.8 Å². The van der Waals surface area contributed by atoms with Crippen molar-refractivity contribution in [3.05, 3.63) is 29.3 Å².